The molecule has 4 rings (SSSR count). The van der Waals surface area contributed by atoms with Crippen LogP contribution in [-0.2, 0) is 16.8 Å². The number of hydrogen-bond acceptors (Lipinski definition) is 4. The van der Waals surface area contributed by atoms with Gasteiger partial charge in [0, 0.05) is 23.9 Å². The van der Waals surface area contributed by atoms with Crippen LogP contribution in [-0.4, -0.2) is 37.4 Å². The standard InChI is InChI=1S/C22H25NO3/c24-14-4-11-23-12-9-22(10-13-23)17-26-21-15-18(7-8-20(21)22)16-25-19-5-2-1-3-6-19/h1-3,5-8,14-15H,4,9-13,16-17H2. The van der Waals surface area contributed by atoms with E-state index in [2.05, 4.69) is 23.1 Å². The lowest BCUT2D eigenvalue weighted by atomic mass is 9.74. The van der Waals surface area contributed by atoms with Crippen molar-refractivity contribution < 1.29 is 14.3 Å². The predicted molar refractivity (Wildman–Crippen MR) is 101 cm³/mol. The topological polar surface area (TPSA) is 38.8 Å². The lowest BCUT2D eigenvalue weighted by Crippen LogP contribution is -2.43. The first kappa shape index (κ1) is 17.1. The minimum absolute atomic E-state index is 0.145. The van der Waals surface area contributed by atoms with Gasteiger partial charge in [0.25, 0.3) is 0 Å². The molecule has 2 aromatic carbocycles. The van der Waals surface area contributed by atoms with Gasteiger partial charge in [0.15, 0.2) is 0 Å². The molecule has 2 aromatic rings. The van der Waals surface area contributed by atoms with Crippen LogP contribution >= 0.6 is 0 Å². The van der Waals surface area contributed by atoms with E-state index < -0.39 is 0 Å². The predicted octanol–water partition coefficient (Wildman–Crippen LogP) is 3.58. The number of nitrogens with zero attached hydrogens (tertiary/aromatic N) is 1. The van der Waals surface area contributed by atoms with Crippen LogP contribution in [0.1, 0.15) is 30.4 Å². The van der Waals surface area contributed by atoms with Gasteiger partial charge in [-0.2, -0.15) is 0 Å². The van der Waals surface area contributed by atoms with Crippen LogP contribution in [0.3, 0.4) is 0 Å². The summed E-state index contributed by atoms with van der Waals surface area (Å²) in [5.74, 6) is 1.90. The zero-order chi connectivity index (χ0) is 17.8. The van der Waals surface area contributed by atoms with Gasteiger partial charge in [-0.1, -0.05) is 30.3 Å². The van der Waals surface area contributed by atoms with E-state index in [0.29, 0.717) is 13.0 Å². The van der Waals surface area contributed by atoms with Crippen molar-refractivity contribution in [1.29, 1.82) is 0 Å². The summed E-state index contributed by atoms with van der Waals surface area (Å²) >= 11 is 0. The van der Waals surface area contributed by atoms with E-state index in [9.17, 15) is 4.79 Å². The highest BCUT2D eigenvalue weighted by molar-refractivity contribution is 5.49. The highest BCUT2D eigenvalue weighted by Crippen LogP contribution is 2.45. The number of aldehydes is 1. The van der Waals surface area contributed by atoms with Gasteiger partial charge >= 0.3 is 0 Å². The number of para-hydroxylation sites is 1. The lowest BCUT2D eigenvalue weighted by Gasteiger charge is -2.38. The Morgan fingerprint density at radius 3 is 2.69 bits per heavy atom. The Labute approximate surface area is 154 Å². The van der Waals surface area contributed by atoms with Crippen molar-refractivity contribution in [3.8, 4) is 11.5 Å². The summed E-state index contributed by atoms with van der Waals surface area (Å²) in [6.07, 6.45) is 3.83. The molecule has 0 atom stereocenters. The smallest absolute Gasteiger partial charge is 0.123 e. The summed E-state index contributed by atoms with van der Waals surface area (Å²) in [6, 6.07) is 16.4. The van der Waals surface area contributed by atoms with Crippen LogP contribution in [0.4, 0.5) is 0 Å². The normalized spacial score (nSPS) is 18.3. The molecule has 0 radical (unpaired) electrons. The fourth-order valence-electron chi connectivity index (χ4n) is 4.04. The summed E-state index contributed by atoms with van der Waals surface area (Å²) < 4.78 is 11.9. The summed E-state index contributed by atoms with van der Waals surface area (Å²) in [5.41, 5.74) is 2.62. The molecule has 4 heteroatoms. The first-order valence-corrected chi connectivity index (χ1v) is 9.39. The number of fused-ring (bicyclic) bond motifs is 2. The fraction of sp³-hybridized carbons (Fsp3) is 0.409. The van der Waals surface area contributed by atoms with Crippen LogP contribution < -0.4 is 9.47 Å². The van der Waals surface area contributed by atoms with E-state index in [4.69, 9.17) is 9.47 Å². The highest BCUT2D eigenvalue weighted by Gasteiger charge is 2.42. The van der Waals surface area contributed by atoms with E-state index in [-0.39, 0.29) is 5.41 Å². The SMILES string of the molecule is O=CCCN1CCC2(CC1)COc1cc(COc3ccccc3)ccc12. The Morgan fingerprint density at radius 1 is 1.12 bits per heavy atom. The molecule has 4 nitrogen and oxygen atoms in total. The molecular formula is C22H25NO3. The van der Waals surface area contributed by atoms with Gasteiger partial charge in [0.05, 0.1) is 6.61 Å². The zero-order valence-corrected chi connectivity index (χ0v) is 15.0. The molecule has 2 heterocycles. The monoisotopic (exact) mass is 351 g/mol. The Morgan fingerprint density at radius 2 is 1.92 bits per heavy atom. The fourth-order valence-corrected chi connectivity index (χ4v) is 4.04. The quantitative estimate of drug-likeness (QED) is 0.746. The van der Waals surface area contributed by atoms with Crippen LogP contribution in [0.5, 0.6) is 11.5 Å². The van der Waals surface area contributed by atoms with Crippen molar-refractivity contribution in [3.63, 3.8) is 0 Å². The number of rotatable bonds is 6. The Kier molecular flexibility index (Phi) is 4.93. The van der Waals surface area contributed by atoms with E-state index in [1.807, 2.05) is 30.3 Å². The second-order valence-electron chi connectivity index (χ2n) is 7.30. The van der Waals surface area contributed by atoms with Gasteiger partial charge in [-0.15, -0.1) is 0 Å². The molecule has 0 unspecified atom stereocenters. The molecule has 1 spiro atoms. The van der Waals surface area contributed by atoms with Crippen molar-refractivity contribution in [1.82, 2.24) is 4.90 Å². The van der Waals surface area contributed by atoms with Crippen LogP contribution in [0, 0.1) is 0 Å². The molecule has 2 aliphatic heterocycles. The van der Waals surface area contributed by atoms with Gasteiger partial charge < -0.3 is 19.2 Å². The molecular weight excluding hydrogens is 326 g/mol. The van der Waals surface area contributed by atoms with Crippen molar-refractivity contribution >= 4 is 6.29 Å². The second-order valence-corrected chi connectivity index (χ2v) is 7.30. The van der Waals surface area contributed by atoms with Gasteiger partial charge in [-0.05, 0) is 49.7 Å². The van der Waals surface area contributed by atoms with Gasteiger partial charge in [0.1, 0.15) is 24.4 Å². The number of carbonyl (C=O) groups excluding carboxylic acids is 1. The third-order valence-corrected chi connectivity index (χ3v) is 5.65. The maximum absolute atomic E-state index is 10.6. The third kappa shape index (κ3) is 3.47. The maximum atomic E-state index is 10.6. The molecule has 136 valence electrons. The average Bonchev–Trinajstić information content (AvgIpc) is 3.04. The molecule has 0 N–H and O–H groups in total. The van der Waals surface area contributed by atoms with E-state index in [0.717, 1.165) is 62.4 Å². The number of ether oxygens (including phenoxy) is 2. The minimum atomic E-state index is 0.145. The number of piperidine rings is 1. The molecule has 1 fully saturated rings. The molecule has 0 bridgehead atoms. The van der Waals surface area contributed by atoms with E-state index in [1.54, 1.807) is 0 Å². The van der Waals surface area contributed by atoms with Crippen molar-refractivity contribution in [3.05, 3.63) is 59.7 Å². The van der Waals surface area contributed by atoms with E-state index in [1.165, 1.54) is 5.56 Å². The lowest BCUT2D eigenvalue weighted by molar-refractivity contribution is -0.108. The summed E-state index contributed by atoms with van der Waals surface area (Å²) in [5, 5.41) is 0. The number of likely N-dealkylation sites (tertiary alicyclic amines) is 1. The van der Waals surface area contributed by atoms with Crippen molar-refractivity contribution in [2.45, 2.75) is 31.3 Å². The summed E-state index contributed by atoms with van der Waals surface area (Å²) in [6.45, 7) is 4.27. The van der Waals surface area contributed by atoms with Gasteiger partial charge in [0.2, 0.25) is 0 Å². The van der Waals surface area contributed by atoms with Gasteiger partial charge in [-0.25, -0.2) is 0 Å². The second kappa shape index (κ2) is 7.50. The van der Waals surface area contributed by atoms with E-state index >= 15 is 0 Å². The van der Waals surface area contributed by atoms with Crippen molar-refractivity contribution in [2.75, 3.05) is 26.2 Å². The number of hydrogen-bond donors (Lipinski definition) is 0. The Bertz CT molecular complexity index is 751. The van der Waals surface area contributed by atoms with Crippen molar-refractivity contribution in [2.24, 2.45) is 0 Å². The minimum Gasteiger partial charge on any atom is -0.492 e. The van der Waals surface area contributed by atoms with Crippen LogP contribution in [0.2, 0.25) is 0 Å². The number of benzene rings is 2. The molecule has 0 aliphatic carbocycles. The molecule has 0 aromatic heterocycles. The highest BCUT2D eigenvalue weighted by atomic mass is 16.5. The summed E-state index contributed by atoms with van der Waals surface area (Å²) in [7, 11) is 0. The molecule has 1 saturated heterocycles. The molecule has 26 heavy (non-hydrogen) atoms. The average molecular weight is 351 g/mol. The summed E-state index contributed by atoms with van der Waals surface area (Å²) in [4.78, 5) is 13.0. The molecule has 2 aliphatic rings. The van der Waals surface area contributed by atoms with Crippen LogP contribution in [0.25, 0.3) is 0 Å². The first-order valence-electron chi connectivity index (χ1n) is 9.39. The number of carbonyl (C=O) groups is 1. The Hall–Kier alpha value is -2.33. The maximum Gasteiger partial charge on any atom is 0.123 e. The van der Waals surface area contributed by atoms with Crippen LogP contribution in [0.15, 0.2) is 48.5 Å². The Balaban J connectivity index is 1.41. The zero-order valence-electron chi connectivity index (χ0n) is 15.0. The molecule has 0 saturated carbocycles. The first-order chi connectivity index (χ1) is 12.8. The molecule has 0 amide bonds. The third-order valence-electron chi connectivity index (χ3n) is 5.65. The largest absolute Gasteiger partial charge is 0.492 e. The van der Waals surface area contributed by atoms with Gasteiger partial charge in [-0.3, -0.25) is 0 Å².